The van der Waals surface area contributed by atoms with E-state index in [4.69, 9.17) is 4.42 Å². The number of rotatable bonds is 1. The van der Waals surface area contributed by atoms with Gasteiger partial charge in [-0.15, -0.1) is 0 Å². The summed E-state index contributed by atoms with van der Waals surface area (Å²) in [6.07, 6.45) is 1.02. The number of hydrogen-bond acceptors (Lipinski definition) is 3. The number of nitrogens with one attached hydrogen (secondary N) is 1. The van der Waals surface area contributed by atoms with Crippen LogP contribution in [0, 0.1) is 0 Å². The summed E-state index contributed by atoms with van der Waals surface area (Å²) in [6.45, 7) is 0.959. The molecular formula is C16H14N2O. The molecule has 0 saturated carbocycles. The molecule has 19 heavy (non-hydrogen) atoms. The Balaban J connectivity index is 1.85. The smallest absolute Gasteiger partial charge is 0.203 e. The minimum absolute atomic E-state index is 0.254. The second-order valence-corrected chi connectivity index (χ2v) is 4.88. The molecule has 0 radical (unpaired) electrons. The Labute approximate surface area is 111 Å². The fourth-order valence-electron chi connectivity index (χ4n) is 2.76. The van der Waals surface area contributed by atoms with Crippen LogP contribution < -0.4 is 5.32 Å². The van der Waals surface area contributed by atoms with Gasteiger partial charge >= 0.3 is 0 Å². The molecule has 94 valence electrons. The predicted molar refractivity (Wildman–Crippen MR) is 75.4 cm³/mol. The van der Waals surface area contributed by atoms with Crippen LogP contribution in [0.25, 0.3) is 11.1 Å². The van der Waals surface area contributed by atoms with Gasteiger partial charge in [-0.25, -0.2) is 4.98 Å². The lowest BCUT2D eigenvalue weighted by molar-refractivity contribution is 0.485. The van der Waals surface area contributed by atoms with Gasteiger partial charge < -0.3 is 9.73 Å². The van der Waals surface area contributed by atoms with Crippen molar-refractivity contribution in [3.63, 3.8) is 0 Å². The lowest BCUT2D eigenvalue weighted by atomic mass is 9.91. The number of nitrogens with zero attached hydrogens (tertiary/aromatic N) is 1. The summed E-state index contributed by atoms with van der Waals surface area (Å²) in [6, 6.07) is 16.3. The monoisotopic (exact) mass is 250 g/mol. The maximum atomic E-state index is 5.93. The molecule has 1 aliphatic rings. The molecular weight excluding hydrogens is 236 g/mol. The lowest BCUT2D eigenvalue weighted by Gasteiger charge is -2.24. The molecule has 0 bridgehead atoms. The number of oxazole rings is 1. The molecule has 0 aliphatic carbocycles. The largest absolute Gasteiger partial charge is 0.440 e. The van der Waals surface area contributed by atoms with Crippen molar-refractivity contribution in [1.82, 2.24) is 4.98 Å². The van der Waals surface area contributed by atoms with Crippen molar-refractivity contribution in [2.45, 2.75) is 12.3 Å². The molecule has 0 spiro atoms. The van der Waals surface area contributed by atoms with Gasteiger partial charge in [0.25, 0.3) is 0 Å². The molecule has 3 aromatic rings. The summed E-state index contributed by atoms with van der Waals surface area (Å²) in [5.74, 6) is 1.08. The van der Waals surface area contributed by atoms with Gasteiger partial charge in [-0.3, -0.25) is 0 Å². The van der Waals surface area contributed by atoms with Gasteiger partial charge in [-0.1, -0.05) is 30.3 Å². The minimum atomic E-state index is 0.254. The van der Waals surface area contributed by atoms with Crippen LogP contribution in [0.4, 0.5) is 5.69 Å². The van der Waals surface area contributed by atoms with Gasteiger partial charge in [0, 0.05) is 12.2 Å². The van der Waals surface area contributed by atoms with E-state index in [-0.39, 0.29) is 5.92 Å². The van der Waals surface area contributed by atoms with Gasteiger partial charge in [0.05, 0.1) is 5.92 Å². The fourth-order valence-corrected chi connectivity index (χ4v) is 2.76. The van der Waals surface area contributed by atoms with Crippen LogP contribution in [0.3, 0.4) is 0 Å². The highest BCUT2D eigenvalue weighted by Crippen LogP contribution is 2.36. The van der Waals surface area contributed by atoms with E-state index in [0.717, 1.165) is 30.0 Å². The van der Waals surface area contributed by atoms with Gasteiger partial charge in [-0.05, 0) is 30.2 Å². The summed E-state index contributed by atoms with van der Waals surface area (Å²) < 4.78 is 5.93. The molecule has 3 nitrogen and oxygen atoms in total. The van der Waals surface area contributed by atoms with E-state index >= 15 is 0 Å². The summed E-state index contributed by atoms with van der Waals surface area (Å²) in [5, 5.41) is 3.43. The Hall–Kier alpha value is -2.29. The van der Waals surface area contributed by atoms with Gasteiger partial charge in [0.15, 0.2) is 5.58 Å². The second kappa shape index (κ2) is 4.12. The van der Waals surface area contributed by atoms with Crippen LogP contribution >= 0.6 is 0 Å². The van der Waals surface area contributed by atoms with E-state index in [9.17, 15) is 0 Å². The van der Waals surface area contributed by atoms with Crippen molar-refractivity contribution in [2.24, 2.45) is 0 Å². The van der Waals surface area contributed by atoms with Crippen molar-refractivity contribution in [2.75, 3.05) is 11.9 Å². The highest BCUT2D eigenvalue weighted by atomic mass is 16.3. The van der Waals surface area contributed by atoms with E-state index in [1.165, 1.54) is 11.3 Å². The highest BCUT2D eigenvalue weighted by molar-refractivity contribution is 5.72. The zero-order valence-corrected chi connectivity index (χ0v) is 10.5. The Bertz CT molecular complexity index is 699. The molecule has 0 amide bonds. The third-order valence-corrected chi connectivity index (χ3v) is 3.69. The first-order valence-electron chi connectivity index (χ1n) is 6.60. The third-order valence-electron chi connectivity index (χ3n) is 3.69. The maximum Gasteiger partial charge on any atom is 0.203 e. The molecule has 1 N–H and O–H groups in total. The normalized spacial score (nSPS) is 18.0. The standard InChI is InChI=1S/C16H14N2O/c1-2-6-13-11(5-1)12(9-10-17-13)16-18-14-7-3-4-8-15(14)19-16/h1-8,12,17H,9-10H2. The molecule has 0 fully saturated rings. The number of aromatic nitrogens is 1. The van der Waals surface area contributed by atoms with Crippen molar-refractivity contribution >= 4 is 16.8 Å². The Morgan fingerprint density at radius 3 is 2.84 bits per heavy atom. The maximum absolute atomic E-state index is 5.93. The van der Waals surface area contributed by atoms with Crippen LogP contribution in [0.15, 0.2) is 52.9 Å². The van der Waals surface area contributed by atoms with Crippen molar-refractivity contribution in [3.05, 3.63) is 60.0 Å². The number of fused-ring (bicyclic) bond motifs is 2. The van der Waals surface area contributed by atoms with Crippen LogP contribution in [0.2, 0.25) is 0 Å². The van der Waals surface area contributed by atoms with Crippen LogP contribution in [0.1, 0.15) is 23.8 Å². The van der Waals surface area contributed by atoms with E-state index < -0.39 is 0 Å². The quantitative estimate of drug-likeness (QED) is 0.714. The molecule has 3 heteroatoms. The first-order valence-corrected chi connectivity index (χ1v) is 6.60. The van der Waals surface area contributed by atoms with Crippen molar-refractivity contribution in [3.8, 4) is 0 Å². The van der Waals surface area contributed by atoms with E-state index in [1.54, 1.807) is 0 Å². The molecule has 1 aliphatic heterocycles. The average molecular weight is 250 g/mol. The zero-order valence-electron chi connectivity index (χ0n) is 10.5. The van der Waals surface area contributed by atoms with E-state index in [1.807, 2.05) is 24.3 Å². The summed E-state index contributed by atoms with van der Waals surface area (Å²) >= 11 is 0. The lowest BCUT2D eigenvalue weighted by Crippen LogP contribution is -2.17. The summed E-state index contributed by atoms with van der Waals surface area (Å²) in [4.78, 5) is 4.64. The molecule has 4 rings (SSSR count). The van der Waals surface area contributed by atoms with Crippen LogP contribution in [-0.2, 0) is 0 Å². The fraction of sp³-hybridized carbons (Fsp3) is 0.188. The van der Waals surface area contributed by atoms with E-state index in [2.05, 4.69) is 34.6 Å². The highest BCUT2D eigenvalue weighted by Gasteiger charge is 2.25. The number of para-hydroxylation sites is 3. The molecule has 1 aromatic heterocycles. The van der Waals surface area contributed by atoms with Crippen LogP contribution in [0.5, 0.6) is 0 Å². The summed E-state index contributed by atoms with van der Waals surface area (Å²) in [5.41, 5.74) is 4.28. The number of hydrogen-bond donors (Lipinski definition) is 1. The topological polar surface area (TPSA) is 38.1 Å². The SMILES string of the molecule is c1ccc2c(c1)NCCC2c1nc2ccccc2o1. The molecule has 2 heterocycles. The first kappa shape index (κ1) is 10.6. The van der Waals surface area contributed by atoms with Gasteiger partial charge in [0.1, 0.15) is 5.52 Å². The predicted octanol–water partition coefficient (Wildman–Crippen LogP) is 3.78. The van der Waals surface area contributed by atoms with Gasteiger partial charge in [0.2, 0.25) is 5.89 Å². The van der Waals surface area contributed by atoms with Crippen molar-refractivity contribution in [1.29, 1.82) is 0 Å². The third kappa shape index (κ3) is 1.70. The Morgan fingerprint density at radius 2 is 1.89 bits per heavy atom. The number of benzene rings is 2. The Morgan fingerprint density at radius 1 is 1.05 bits per heavy atom. The second-order valence-electron chi connectivity index (χ2n) is 4.88. The van der Waals surface area contributed by atoms with Crippen LogP contribution in [-0.4, -0.2) is 11.5 Å². The molecule has 1 atom stereocenters. The minimum Gasteiger partial charge on any atom is -0.440 e. The van der Waals surface area contributed by atoms with E-state index in [0.29, 0.717) is 0 Å². The van der Waals surface area contributed by atoms with Gasteiger partial charge in [-0.2, -0.15) is 0 Å². The molecule has 0 saturated heterocycles. The molecule has 2 aromatic carbocycles. The zero-order chi connectivity index (χ0) is 12.7. The Kier molecular flexibility index (Phi) is 2.30. The van der Waals surface area contributed by atoms with Crippen molar-refractivity contribution < 1.29 is 4.42 Å². The first-order chi connectivity index (χ1) is 9.42. The molecule has 1 unspecified atom stereocenters. The number of anilines is 1. The average Bonchev–Trinajstić information content (AvgIpc) is 2.90. The summed E-state index contributed by atoms with van der Waals surface area (Å²) in [7, 11) is 0.